The quantitative estimate of drug-likeness (QED) is 0.745. The number of aromatic nitrogens is 2. The van der Waals surface area contributed by atoms with Crippen molar-refractivity contribution in [2.75, 3.05) is 31.8 Å². The van der Waals surface area contributed by atoms with E-state index in [1.807, 2.05) is 0 Å². The van der Waals surface area contributed by atoms with E-state index in [0.717, 1.165) is 4.90 Å². The van der Waals surface area contributed by atoms with Gasteiger partial charge in [0.15, 0.2) is 5.75 Å². The van der Waals surface area contributed by atoms with Crippen molar-refractivity contribution in [3.8, 4) is 0 Å². The molecule has 1 aromatic rings. The number of carbonyl (C=O) groups excluding carboxylic acids is 1. The van der Waals surface area contributed by atoms with Gasteiger partial charge in [0.25, 0.3) is 0 Å². The highest BCUT2D eigenvalue weighted by Crippen LogP contribution is 2.24. The molecular weight excluding hydrogens is 296 g/mol. The van der Waals surface area contributed by atoms with Crippen molar-refractivity contribution in [2.45, 2.75) is 4.34 Å². The van der Waals surface area contributed by atoms with Crippen molar-refractivity contribution in [3.05, 3.63) is 0 Å². The van der Waals surface area contributed by atoms with Crippen LogP contribution in [0.1, 0.15) is 0 Å². The molecule has 0 atom stereocenters. The summed E-state index contributed by atoms with van der Waals surface area (Å²) in [5.74, 6) is -2.54. The van der Waals surface area contributed by atoms with Gasteiger partial charge in [0.1, 0.15) is 0 Å². The van der Waals surface area contributed by atoms with E-state index in [4.69, 9.17) is 5.11 Å². The molecule has 1 heterocycles. The second-order valence-corrected chi connectivity index (χ2v) is 6.86. The van der Waals surface area contributed by atoms with Gasteiger partial charge in [-0.2, -0.15) is 0 Å². The van der Waals surface area contributed by atoms with Gasteiger partial charge in [0.05, 0.1) is 0 Å². The molecule has 0 aliphatic heterocycles. The number of carboxylic acid groups (broad SMARTS) is 1. The molecule has 19 heavy (non-hydrogen) atoms. The smallest absolute Gasteiger partial charge is 0.325 e. The first kappa shape index (κ1) is 15.3. The number of aliphatic carboxylic acids is 1. The van der Waals surface area contributed by atoms with Crippen molar-refractivity contribution >= 4 is 38.3 Å². The summed E-state index contributed by atoms with van der Waals surface area (Å²) in [6.07, 6.45) is 0. The number of urea groups is 1. The predicted octanol–water partition coefficient (Wildman–Crippen LogP) is -0.486. The van der Waals surface area contributed by atoms with Crippen LogP contribution >= 0.6 is 11.3 Å². The van der Waals surface area contributed by atoms with Crippen LogP contribution in [0, 0.1) is 0 Å². The highest BCUT2D eigenvalue weighted by molar-refractivity contribution is 7.94. The van der Waals surface area contributed by atoms with Crippen LogP contribution in [0.5, 0.6) is 0 Å². The monoisotopic (exact) mass is 308 g/mol. The highest BCUT2D eigenvalue weighted by Gasteiger charge is 2.26. The molecule has 1 N–H and O–H groups in total. The van der Waals surface area contributed by atoms with Crippen LogP contribution in [0.3, 0.4) is 0 Å². The molecule has 0 aliphatic carbocycles. The highest BCUT2D eigenvalue weighted by atomic mass is 32.2. The molecule has 0 saturated carbocycles. The van der Waals surface area contributed by atoms with Crippen LogP contribution in [0.15, 0.2) is 4.34 Å². The van der Waals surface area contributed by atoms with Crippen LogP contribution in [0.2, 0.25) is 0 Å². The first-order valence-electron chi connectivity index (χ1n) is 4.88. The van der Waals surface area contributed by atoms with E-state index >= 15 is 0 Å². The van der Waals surface area contributed by atoms with E-state index < -0.39 is 31.9 Å². The van der Waals surface area contributed by atoms with Crippen molar-refractivity contribution in [2.24, 2.45) is 0 Å². The summed E-state index contributed by atoms with van der Waals surface area (Å²) >= 11 is 0.641. The molecule has 1 rings (SSSR count). The number of hydrogen-bond donors (Lipinski definition) is 1. The van der Waals surface area contributed by atoms with Gasteiger partial charge in [-0.1, -0.05) is 11.3 Å². The van der Waals surface area contributed by atoms with Gasteiger partial charge in [-0.05, 0) is 0 Å². The van der Waals surface area contributed by atoms with Gasteiger partial charge in [-0.15, -0.1) is 10.2 Å². The standard InChI is InChI=1S/C8H12N4O5S2/c1-11(2)8(15)12(3)6-9-10-7(18-6)19(16,17)4-5(13)14/h4H2,1-3H3,(H,13,14). The summed E-state index contributed by atoms with van der Waals surface area (Å²) in [6.45, 7) is 0. The third-order valence-electron chi connectivity index (χ3n) is 1.93. The molecule has 9 nitrogen and oxygen atoms in total. The summed E-state index contributed by atoms with van der Waals surface area (Å²) in [5, 5.41) is 15.5. The van der Waals surface area contributed by atoms with E-state index in [9.17, 15) is 18.0 Å². The number of amides is 2. The van der Waals surface area contributed by atoms with Crippen LogP contribution in [0.25, 0.3) is 0 Å². The minimum absolute atomic E-state index is 0.0719. The number of anilines is 1. The maximum Gasteiger partial charge on any atom is 0.325 e. The topological polar surface area (TPSA) is 121 Å². The van der Waals surface area contributed by atoms with E-state index in [0.29, 0.717) is 11.3 Å². The largest absolute Gasteiger partial charge is 0.480 e. The maximum atomic E-state index is 11.6. The van der Waals surface area contributed by atoms with Gasteiger partial charge in [0, 0.05) is 21.1 Å². The predicted molar refractivity (Wildman–Crippen MR) is 67.1 cm³/mol. The Morgan fingerprint density at radius 1 is 1.26 bits per heavy atom. The third-order valence-corrected chi connectivity index (χ3v) is 4.98. The molecule has 0 aromatic carbocycles. The molecule has 2 amide bonds. The summed E-state index contributed by atoms with van der Waals surface area (Å²) < 4.78 is 22.8. The van der Waals surface area contributed by atoms with Crippen LogP contribution < -0.4 is 4.90 Å². The molecule has 0 spiro atoms. The lowest BCUT2D eigenvalue weighted by atomic mass is 10.7. The van der Waals surface area contributed by atoms with Crippen LogP contribution in [-0.2, 0) is 14.6 Å². The van der Waals surface area contributed by atoms with Crippen molar-refractivity contribution in [1.29, 1.82) is 0 Å². The molecular formula is C8H12N4O5S2. The number of sulfone groups is 1. The molecule has 0 saturated heterocycles. The summed E-state index contributed by atoms with van der Waals surface area (Å²) in [6, 6.07) is -0.404. The van der Waals surface area contributed by atoms with E-state index in [1.54, 1.807) is 0 Å². The van der Waals surface area contributed by atoms with Gasteiger partial charge in [-0.3, -0.25) is 9.69 Å². The zero-order valence-corrected chi connectivity index (χ0v) is 12.0. The van der Waals surface area contributed by atoms with E-state index in [-0.39, 0.29) is 5.13 Å². The second kappa shape index (κ2) is 5.48. The minimum Gasteiger partial charge on any atom is -0.480 e. The Kier molecular flexibility index (Phi) is 4.42. The normalized spacial score (nSPS) is 11.1. The SMILES string of the molecule is CN(C)C(=O)N(C)c1nnc(S(=O)(=O)CC(=O)O)s1. The van der Waals surface area contributed by atoms with Crippen LogP contribution in [0.4, 0.5) is 9.93 Å². The van der Waals surface area contributed by atoms with Crippen molar-refractivity contribution in [3.63, 3.8) is 0 Å². The fourth-order valence-corrected chi connectivity index (χ4v) is 3.13. The van der Waals surface area contributed by atoms with Crippen molar-refractivity contribution < 1.29 is 23.1 Å². The third kappa shape index (κ3) is 3.61. The average molecular weight is 308 g/mol. The number of hydrogen-bond acceptors (Lipinski definition) is 7. The Bertz CT molecular complexity index is 594. The Morgan fingerprint density at radius 3 is 2.32 bits per heavy atom. The molecule has 106 valence electrons. The zero-order chi connectivity index (χ0) is 14.8. The number of carboxylic acids is 1. The molecule has 0 fully saturated rings. The summed E-state index contributed by atoms with van der Waals surface area (Å²) in [5.41, 5.74) is 0. The fraction of sp³-hybridized carbons (Fsp3) is 0.500. The molecule has 0 unspecified atom stereocenters. The Hall–Kier alpha value is -1.75. The number of nitrogens with zero attached hydrogens (tertiary/aromatic N) is 4. The molecule has 11 heteroatoms. The number of carbonyl (C=O) groups is 2. The van der Waals surface area contributed by atoms with Gasteiger partial charge in [0.2, 0.25) is 19.3 Å². The molecule has 1 aromatic heterocycles. The van der Waals surface area contributed by atoms with Gasteiger partial charge >= 0.3 is 12.0 Å². The first-order chi connectivity index (χ1) is 8.65. The van der Waals surface area contributed by atoms with Gasteiger partial charge < -0.3 is 10.0 Å². The summed E-state index contributed by atoms with van der Waals surface area (Å²) in [7, 11) is 0.448. The second-order valence-electron chi connectivity index (χ2n) is 3.74. The Balaban J connectivity index is 3.01. The Labute approximate surface area is 113 Å². The maximum absolute atomic E-state index is 11.6. The lowest BCUT2D eigenvalue weighted by Gasteiger charge is -2.18. The van der Waals surface area contributed by atoms with E-state index in [1.165, 1.54) is 26.0 Å². The first-order valence-corrected chi connectivity index (χ1v) is 7.35. The lowest BCUT2D eigenvalue weighted by Crippen LogP contribution is -2.36. The van der Waals surface area contributed by atoms with E-state index in [2.05, 4.69) is 10.2 Å². The minimum atomic E-state index is -4.02. The van der Waals surface area contributed by atoms with Gasteiger partial charge in [-0.25, -0.2) is 13.2 Å². The fourth-order valence-electron chi connectivity index (χ4n) is 1.07. The molecule has 0 radical (unpaired) electrons. The zero-order valence-electron chi connectivity index (χ0n) is 10.4. The molecule has 0 bridgehead atoms. The Morgan fingerprint density at radius 2 is 1.84 bits per heavy atom. The lowest BCUT2D eigenvalue weighted by molar-refractivity contribution is -0.134. The number of rotatable bonds is 4. The average Bonchev–Trinajstić information content (AvgIpc) is 2.74. The van der Waals surface area contributed by atoms with Crippen molar-refractivity contribution in [1.82, 2.24) is 15.1 Å². The van der Waals surface area contributed by atoms with Crippen LogP contribution in [-0.4, -0.2) is 67.5 Å². The summed E-state index contributed by atoms with van der Waals surface area (Å²) in [4.78, 5) is 24.5. The molecule has 0 aliphatic rings.